The van der Waals surface area contributed by atoms with Crippen molar-refractivity contribution >= 4 is 28.9 Å². The van der Waals surface area contributed by atoms with Gasteiger partial charge in [0.2, 0.25) is 6.17 Å². The highest BCUT2D eigenvalue weighted by atomic mass is 16.5. The van der Waals surface area contributed by atoms with Gasteiger partial charge in [-0.3, -0.25) is 9.48 Å². The molecule has 1 aliphatic rings. The van der Waals surface area contributed by atoms with Crippen LogP contribution in [0, 0.1) is 5.41 Å². The Morgan fingerprint density at radius 3 is 2.73 bits per heavy atom. The maximum Gasteiger partial charge on any atom is 0.271 e. The van der Waals surface area contributed by atoms with E-state index in [2.05, 4.69) is 20.4 Å². The fraction of sp³-hybridized carbons (Fsp3) is 0.208. The second-order valence-electron chi connectivity index (χ2n) is 7.46. The number of carbonyl (C=O) groups is 1. The molecule has 2 aromatic carbocycles. The molecule has 1 unspecified atom stereocenters. The Hall–Kier alpha value is -4.11. The lowest BCUT2D eigenvalue weighted by Gasteiger charge is -2.10. The van der Waals surface area contributed by atoms with Crippen molar-refractivity contribution in [2.45, 2.75) is 19.1 Å². The molecule has 0 radical (unpaired) electrons. The number of benzene rings is 2. The molecule has 0 saturated heterocycles. The maximum absolute atomic E-state index is 12.9. The van der Waals surface area contributed by atoms with Crippen LogP contribution in [-0.4, -0.2) is 52.8 Å². The predicted octanol–water partition coefficient (Wildman–Crippen LogP) is 2.46. The molecule has 0 fully saturated rings. The molecule has 1 aromatic heterocycles. The van der Waals surface area contributed by atoms with E-state index in [0.717, 1.165) is 11.1 Å². The summed E-state index contributed by atoms with van der Waals surface area (Å²) in [6.45, 7) is 0.998. The summed E-state index contributed by atoms with van der Waals surface area (Å²) in [4.78, 5) is 22.0. The third-order valence-corrected chi connectivity index (χ3v) is 5.15. The minimum absolute atomic E-state index is 0.0611. The number of para-hydroxylation sites is 1. The van der Waals surface area contributed by atoms with Gasteiger partial charge in [-0.2, -0.15) is 5.10 Å². The number of aliphatic imine (C=N–C) groups is 2. The van der Waals surface area contributed by atoms with Gasteiger partial charge in [0.15, 0.2) is 0 Å². The molecule has 0 saturated carbocycles. The number of rotatable bonds is 8. The van der Waals surface area contributed by atoms with E-state index in [1.165, 1.54) is 0 Å². The number of hydrogen-bond donors (Lipinski definition) is 3. The summed E-state index contributed by atoms with van der Waals surface area (Å²) in [5.74, 6) is -0.241. The average molecular weight is 444 g/mol. The first-order chi connectivity index (χ1) is 16.1. The number of aromatic nitrogens is 2. The lowest BCUT2D eigenvalue weighted by Crippen LogP contribution is -2.28. The zero-order valence-electron chi connectivity index (χ0n) is 18.2. The van der Waals surface area contributed by atoms with Gasteiger partial charge in [0.05, 0.1) is 36.0 Å². The molecule has 1 atom stereocenters. The molecule has 168 valence electrons. The largest absolute Gasteiger partial charge is 0.387 e. The fourth-order valence-electron chi connectivity index (χ4n) is 3.58. The number of ether oxygens (including phenoxy) is 1. The van der Waals surface area contributed by atoms with Crippen molar-refractivity contribution in [1.29, 1.82) is 5.41 Å². The van der Waals surface area contributed by atoms with Crippen LogP contribution in [0.4, 0.5) is 5.69 Å². The molecular weight excluding hydrogens is 418 g/mol. The van der Waals surface area contributed by atoms with Crippen molar-refractivity contribution in [3.05, 3.63) is 83.7 Å². The quantitative estimate of drug-likeness (QED) is 0.365. The number of anilines is 1. The van der Waals surface area contributed by atoms with Gasteiger partial charge in [-0.15, -0.1) is 0 Å². The first kappa shape index (κ1) is 22.1. The van der Waals surface area contributed by atoms with Gasteiger partial charge in [0.25, 0.3) is 5.91 Å². The molecule has 0 bridgehead atoms. The third kappa shape index (κ3) is 5.04. The Kier molecular flexibility index (Phi) is 6.70. The number of hydrogen-bond acceptors (Lipinski definition) is 6. The smallest absolute Gasteiger partial charge is 0.271 e. The van der Waals surface area contributed by atoms with Gasteiger partial charge in [-0.05, 0) is 12.1 Å². The number of fused-ring (bicyclic) bond motifs is 1. The van der Waals surface area contributed by atoms with Crippen molar-refractivity contribution < 1.29 is 9.53 Å². The van der Waals surface area contributed by atoms with E-state index in [1.54, 1.807) is 24.1 Å². The zero-order valence-corrected chi connectivity index (χ0v) is 18.2. The van der Waals surface area contributed by atoms with E-state index in [-0.39, 0.29) is 23.9 Å². The van der Waals surface area contributed by atoms with Crippen LogP contribution in [0.1, 0.15) is 23.2 Å². The molecule has 9 nitrogen and oxygen atoms in total. The number of nitrogens with one attached hydrogen (secondary N) is 2. The Morgan fingerprint density at radius 2 is 1.94 bits per heavy atom. The van der Waals surface area contributed by atoms with E-state index >= 15 is 0 Å². The van der Waals surface area contributed by atoms with Crippen molar-refractivity contribution in [2.75, 3.05) is 19.0 Å². The normalized spacial score (nSPS) is 15.9. The standard InChI is InChI=1S/C24H25N7O2/c1-33-14-13-31-20(11-12-27-31)18(25)15-21(26)29-23-24(32)28-19-10-6-5-9-17(19)22(30-23)16-7-3-2-4-8-16/h2-12,23,25H,13-15H2,1H3,(H2,26,29)(H,28,32). The average Bonchev–Trinajstić information content (AvgIpc) is 3.25. The monoisotopic (exact) mass is 443 g/mol. The summed E-state index contributed by atoms with van der Waals surface area (Å²) in [5.41, 5.74) is 10.0. The van der Waals surface area contributed by atoms with Gasteiger partial charge in [-0.25, -0.2) is 9.98 Å². The summed E-state index contributed by atoms with van der Waals surface area (Å²) in [6.07, 6.45) is 0.615. The highest BCUT2D eigenvalue weighted by Crippen LogP contribution is 2.24. The van der Waals surface area contributed by atoms with Gasteiger partial charge in [0, 0.05) is 30.9 Å². The van der Waals surface area contributed by atoms with E-state index in [1.807, 2.05) is 54.6 Å². The van der Waals surface area contributed by atoms with E-state index in [0.29, 0.717) is 30.2 Å². The Morgan fingerprint density at radius 1 is 1.18 bits per heavy atom. The number of nitrogens with zero attached hydrogens (tertiary/aromatic N) is 4. The SMILES string of the molecule is COCCn1nccc1C(=N)CC(N)=NC1N=C(c2ccccc2)c2ccccc2NC1=O. The molecule has 3 aromatic rings. The minimum atomic E-state index is -1.07. The van der Waals surface area contributed by atoms with Crippen molar-refractivity contribution in [3.63, 3.8) is 0 Å². The van der Waals surface area contributed by atoms with Crippen molar-refractivity contribution in [3.8, 4) is 0 Å². The van der Waals surface area contributed by atoms with Gasteiger partial charge < -0.3 is 21.2 Å². The maximum atomic E-state index is 12.9. The second kappa shape index (κ2) is 10.0. The molecule has 33 heavy (non-hydrogen) atoms. The van der Waals surface area contributed by atoms with Gasteiger partial charge >= 0.3 is 0 Å². The molecule has 9 heteroatoms. The van der Waals surface area contributed by atoms with Crippen LogP contribution in [0.2, 0.25) is 0 Å². The van der Waals surface area contributed by atoms with E-state index < -0.39 is 6.17 Å². The van der Waals surface area contributed by atoms with E-state index in [4.69, 9.17) is 15.9 Å². The molecule has 1 amide bonds. The lowest BCUT2D eigenvalue weighted by atomic mass is 10.0. The summed E-state index contributed by atoms with van der Waals surface area (Å²) in [5, 5.41) is 15.6. The summed E-state index contributed by atoms with van der Waals surface area (Å²) >= 11 is 0. The number of methoxy groups -OCH3 is 1. The van der Waals surface area contributed by atoms with Crippen molar-refractivity contribution in [2.24, 2.45) is 15.7 Å². The molecular formula is C24H25N7O2. The summed E-state index contributed by atoms with van der Waals surface area (Å²) in [6, 6.07) is 18.9. The fourth-order valence-corrected chi connectivity index (χ4v) is 3.58. The predicted molar refractivity (Wildman–Crippen MR) is 128 cm³/mol. The zero-order chi connectivity index (χ0) is 23.2. The molecule has 1 aliphatic heterocycles. The second-order valence-corrected chi connectivity index (χ2v) is 7.46. The number of nitrogens with two attached hydrogens (primary N) is 1. The number of carbonyl (C=O) groups excluding carboxylic acids is 1. The van der Waals surface area contributed by atoms with Crippen LogP contribution < -0.4 is 11.1 Å². The number of amidine groups is 1. The van der Waals surface area contributed by atoms with Gasteiger partial charge in [-0.1, -0.05) is 48.5 Å². The number of benzodiazepines with no additional fused rings is 1. The molecule has 4 N–H and O–H groups in total. The molecule has 0 aliphatic carbocycles. The first-order valence-corrected chi connectivity index (χ1v) is 10.5. The lowest BCUT2D eigenvalue weighted by molar-refractivity contribution is -0.117. The molecule has 2 heterocycles. The topological polar surface area (TPSA) is 131 Å². The summed E-state index contributed by atoms with van der Waals surface area (Å²) in [7, 11) is 1.61. The van der Waals surface area contributed by atoms with Crippen LogP contribution in [-0.2, 0) is 16.1 Å². The van der Waals surface area contributed by atoms with Crippen molar-refractivity contribution in [1.82, 2.24) is 9.78 Å². The highest BCUT2D eigenvalue weighted by Gasteiger charge is 2.25. The van der Waals surface area contributed by atoms with Crippen LogP contribution >= 0.6 is 0 Å². The van der Waals surface area contributed by atoms with Crippen LogP contribution in [0.25, 0.3) is 0 Å². The Bertz CT molecular complexity index is 1210. The third-order valence-electron chi connectivity index (χ3n) is 5.15. The van der Waals surface area contributed by atoms with Crippen LogP contribution in [0.15, 0.2) is 76.8 Å². The number of amides is 1. The molecule has 0 spiro atoms. The van der Waals surface area contributed by atoms with E-state index in [9.17, 15) is 4.79 Å². The summed E-state index contributed by atoms with van der Waals surface area (Å²) < 4.78 is 6.77. The Labute approximate surface area is 191 Å². The first-order valence-electron chi connectivity index (χ1n) is 10.5. The Balaban J connectivity index is 1.62. The van der Waals surface area contributed by atoms with Crippen LogP contribution in [0.3, 0.4) is 0 Å². The minimum Gasteiger partial charge on any atom is -0.387 e. The van der Waals surface area contributed by atoms with Gasteiger partial charge in [0.1, 0.15) is 5.84 Å². The highest BCUT2D eigenvalue weighted by molar-refractivity contribution is 6.20. The molecule has 4 rings (SSSR count). The van der Waals surface area contributed by atoms with Crippen LogP contribution in [0.5, 0.6) is 0 Å².